The monoisotopic (exact) mass is 479 g/mol. The smallest absolute Gasteiger partial charge is 0.168 e. The second-order valence-corrected chi connectivity index (χ2v) is 9.08. The van der Waals surface area contributed by atoms with Crippen molar-refractivity contribution in [3.63, 3.8) is 0 Å². The molecule has 5 rings (SSSR count). The number of rotatable bonds is 7. The molecular formula is C28H27F2NO4. The maximum atomic E-state index is 14.1. The van der Waals surface area contributed by atoms with E-state index in [4.69, 9.17) is 9.47 Å². The maximum Gasteiger partial charge on any atom is 0.168 e. The Morgan fingerprint density at radius 1 is 1.06 bits per heavy atom. The van der Waals surface area contributed by atoms with Crippen LogP contribution in [-0.4, -0.2) is 48.0 Å². The molecule has 0 unspecified atom stereocenters. The van der Waals surface area contributed by atoms with Gasteiger partial charge in [0.2, 0.25) is 0 Å². The highest BCUT2D eigenvalue weighted by molar-refractivity contribution is 5.95. The van der Waals surface area contributed by atoms with Crippen LogP contribution < -0.4 is 9.47 Å². The molecule has 0 saturated carbocycles. The third-order valence-electron chi connectivity index (χ3n) is 6.63. The number of ether oxygens (including phenoxy) is 2. The Labute approximate surface area is 202 Å². The normalized spacial score (nSPS) is 18.1. The number of fused-ring (bicyclic) bond motifs is 1. The minimum Gasteiger partial charge on any atom is -0.508 e. The standard InChI is InChI=1S/C28H27F2NO4/c1-17-23-12-25(33)24(30)13-26(23)35-28(27(17)20-3-2-4-21(32)11-20)19-5-7-22(8-6-19)34-10-9-31-15-18(14-29)16-31/h2-8,11-13,18,28,32-33H,9-10,14-16H2,1H3/t28-/m0/s1. The number of likely N-dealkylation sites (tertiary alicyclic amines) is 1. The topological polar surface area (TPSA) is 62.2 Å². The second kappa shape index (κ2) is 9.58. The van der Waals surface area contributed by atoms with Crippen molar-refractivity contribution < 1.29 is 28.5 Å². The summed E-state index contributed by atoms with van der Waals surface area (Å²) in [6, 6.07) is 17.0. The number of phenolic OH excluding ortho intramolecular Hbond substituents is 2. The van der Waals surface area contributed by atoms with Gasteiger partial charge in [-0.05, 0) is 54.0 Å². The molecule has 2 heterocycles. The second-order valence-electron chi connectivity index (χ2n) is 9.08. The van der Waals surface area contributed by atoms with E-state index in [9.17, 15) is 19.0 Å². The van der Waals surface area contributed by atoms with Gasteiger partial charge < -0.3 is 19.7 Å². The molecule has 2 N–H and O–H groups in total. The van der Waals surface area contributed by atoms with E-state index in [0.717, 1.165) is 41.9 Å². The first kappa shape index (κ1) is 23.2. The molecule has 5 nitrogen and oxygen atoms in total. The van der Waals surface area contributed by atoms with E-state index in [1.165, 1.54) is 12.1 Å². The average Bonchev–Trinajstić information content (AvgIpc) is 2.82. The highest BCUT2D eigenvalue weighted by Gasteiger charge is 2.31. The number of phenols is 2. The van der Waals surface area contributed by atoms with E-state index in [1.54, 1.807) is 18.2 Å². The molecule has 0 amide bonds. The minimum absolute atomic E-state index is 0.123. The Kier molecular flexibility index (Phi) is 6.34. The molecule has 0 bridgehead atoms. The van der Waals surface area contributed by atoms with Crippen molar-refractivity contribution in [2.24, 2.45) is 5.92 Å². The molecule has 1 saturated heterocycles. The number of halogens is 2. The molecule has 2 aliphatic rings. The van der Waals surface area contributed by atoms with Crippen LogP contribution >= 0.6 is 0 Å². The lowest BCUT2D eigenvalue weighted by atomic mass is 9.86. The molecule has 7 heteroatoms. The Morgan fingerprint density at radius 2 is 1.83 bits per heavy atom. The van der Waals surface area contributed by atoms with E-state index in [1.807, 2.05) is 37.3 Å². The number of alkyl halides is 1. The van der Waals surface area contributed by atoms with Gasteiger partial charge in [-0.2, -0.15) is 0 Å². The van der Waals surface area contributed by atoms with Gasteiger partial charge in [-0.25, -0.2) is 4.39 Å². The molecule has 0 aromatic heterocycles. The molecule has 182 valence electrons. The van der Waals surface area contributed by atoms with Crippen molar-refractivity contribution >= 4 is 11.1 Å². The first-order valence-electron chi connectivity index (χ1n) is 11.6. The average molecular weight is 480 g/mol. The fourth-order valence-corrected chi connectivity index (χ4v) is 4.73. The predicted molar refractivity (Wildman–Crippen MR) is 130 cm³/mol. The fraction of sp³-hybridized carbons (Fsp3) is 0.286. The van der Waals surface area contributed by atoms with Gasteiger partial charge in [0, 0.05) is 42.8 Å². The summed E-state index contributed by atoms with van der Waals surface area (Å²) in [5, 5.41) is 20.0. The van der Waals surface area contributed by atoms with Crippen LogP contribution in [0.15, 0.2) is 60.7 Å². The zero-order valence-corrected chi connectivity index (χ0v) is 19.4. The van der Waals surface area contributed by atoms with E-state index in [0.29, 0.717) is 23.7 Å². The number of aromatic hydroxyl groups is 2. The Morgan fingerprint density at radius 3 is 2.54 bits per heavy atom. The summed E-state index contributed by atoms with van der Waals surface area (Å²) >= 11 is 0. The van der Waals surface area contributed by atoms with Crippen LogP contribution in [-0.2, 0) is 0 Å². The molecule has 3 aromatic rings. The molecular weight excluding hydrogens is 452 g/mol. The Hall–Kier alpha value is -3.58. The number of hydrogen-bond acceptors (Lipinski definition) is 5. The molecule has 2 aliphatic heterocycles. The van der Waals surface area contributed by atoms with Crippen molar-refractivity contribution in [2.45, 2.75) is 13.0 Å². The van der Waals surface area contributed by atoms with E-state index >= 15 is 0 Å². The number of hydrogen-bond donors (Lipinski definition) is 2. The maximum absolute atomic E-state index is 14.1. The van der Waals surface area contributed by atoms with Crippen molar-refractivity contribution in [1.82, 2.24) is 4.90 Å². The Bertz CT molecular complexity index is 1250. The molecule has 35 heavy (non-hydrogen) atoms. The number of benzene rings is 3. The van der Waals surface area contributed by atoms with Gasteiger partial charge >= 0.3 is 0 Å². The Balaban J connectivity index is 1.40. The molecule has 1 atom stereocenters. The van der Waals surface area contributed by atoms with Crippen LogP contribution in [0.3, 0.4) is 0 Å². The summed E-state index contributed by atoms with van der Waals surface area (Å²) in [7, 11) is 0. The zero-order chi connectivity index (χ0) is 24.5. The summed E-state index contributed by atoms with van der Waals surface area (Å²) < 4.78 is 38.8. The van der Waals surface area contributed by atoms with Gasteiger partial charge in [-0.3, -0.25) is 9.29 Å². The van der Waals surface area contributed by atoms with Gasteiger partial charge in [0.15, 0.2) is 11.6 Å². The third-order valence-corrected chi connectivity index (χ3v) is 6.63. The van der Waals surface area contributed by atoms with Crippen LogP contribution in [0.25, 0.3) is 11.1 Å². The zero-order valence-electron chi connectivity index (χ0n) is 19.4. The number of allylic oxidation sites excluding steroid dienone is 1. The molecule has 0 aliphatic carbocycles. The minimum atomic E-state index is -0.750. The summed E-state index contributed by atoms with van der Waals surface area (Å²) in [5.74, 6) is 0.138. The summed E-state index contributed by atoms with van der Waals surface area (Å²) in [6.45, 7) is 4.46. The lowest BCUT2D eigenvalue weighted by Crippen LogP contribution is -2.49. The lowest BCUT2D eigenvalue weighted by molar-refractivity contribution is 0.0668. The van der Waals surface area contributed by atoms with E-state index in [2.05, 4.69) is 4.90 Å². The van der Waals surface area contributed by atoms with Crippen LogP contribution in [0.4, 0.5) is 8.78 Å². The van der Waals surface area contributed by atoms with Crippen LogP contribution in [0.5, 0.6) is 23.0 Å². The lowest BCUT2D eigenvalue weighted by Gasteiger charge is -2.37. The van der Waals surface area contributed by atoms with Crippen molar-refractivity contribution in [3.05, 3.63) is 83.2 Å². The van der Waals surface area contributed by atoms with Crippen molar-refractivity contribution in [2.75, 3.05) is 32.9 Å². The van der Waals surface area contributed by atoms with Crippen LogP contribution in [0.2, 0.25) is 0 Å². The van der Waals surface area contributed by atoms with Crippen molar-refractivity contribution in [3.8, 4) is 23.0 Å². The summed E-state index contributed by atoms with van der Waals surface area (Å²) in [4.78, 5) is 2.16. The summed E-state index contributed by atoms with van der Waals surface area (Å²) in [5.41, 5.74) is 3.83. The van der Waals surface area contributed by atoms with Gasteiger partial charge in [-0.1, -0.05) is 24.3 Å². The first-order valence-corrected chi connectivity index (χ1v) is 11.6. The van der Waals surface area contributed by atoms with E-state index < -0.39 is 17.7 Å². The van der Waals surface area contributed by atoms with Gasteiger partial charge in [-0.15, -0.1) is 0 Å². The molecule has 0 radical (unpaired) electrons. The van der Waals surface area contributed by atoms with Gasteiger partial charge in [0.1, 0.15) is 30.0 Å². The predicted octanol–water partition coefficient (Wildman–Crippen LogP) is 5.58. The van der Waals surface area contributed by atoms with Crippen LogP contribution in [0, 0.1) is 11.7 Å². The van der Waals surface area contributed by atoms with E-state index in [-0.39, 0.29) is 18.3 Å². The van der Waals surface area contributed by atoms with Crippen LogP contribution in [0.1, 0.15) is 29.7 Å². The van der Waals surface area contributed by atoms with Gasteiger partial charge in [0.25, 0.3) is 0 Å². The first-order chi connectivity index (χ1) is 16.9. The van der Waals surface area contributed by atoms with Gasteiger partial charge in [0.05, 0.1) is 6.67 Å². The molecule has 0 spiro atoms. The van der Waals surface area contributed by atoms with Crippen molar-refractivity contribution in [1.29, 1.82) is 0 Å². The summed E-state index contributed by atoms with van der Waals surface area (Å²) in [6.07, 6.45) is -0.555. The highest BCUT2D eigenvalue weighted by atomic mass is 19.1. The highest BCUT2D eigenvalue weighted by Crippen LogP contribution is 2.48. The third kappa shape index (κ3) is 4.68. The number of nitrogens with zero attached hydrogens (tertiary/aromatic N) is 1. The molecule has 3 aromatic carbocycles. The molecule has 1 fully saturated rings. The fourth-order valence-electron chi connectivity index (χ4n) is 4.73. The largest absolute Gasteiger partial charge is 0.508 e. The SMILES string of the molecule is CC1=C(c2cccc(O)c2)[C@H](c2ccc(OCCN3CC(CF)C3)cc2)Oc2cc(F)c(O)cc21. The quantitative estimate of drug-likeness (QED) is 0.463.